The van der Waals surface area contributed by atoms with Gasteiger partial charge in [-0.25, -0.2) is 0 Å². The molecule has 240 valence electrons. The molecule has 0 spiro atoms. The van der Waals surface area contributed by atoms with Crippen LogP contribution in [0.25, 0.3) is 27.9 Å². The summed E-state index contributed by atoms with van der Waals surface area (Å²) in [5, 5.41) is 10.9. The molecule has 0 fully saturated rings. The maximum atomic E-state index is 13.5. The maximum absolute atomic E-state index is 13.5. The van der Waals surface area contributed by atoms with Crippen LogP contribution in [0, 0.1) is 0 Å². The number of aryl methyl sites for hydroxylation is 1. The van der Waals surface area contributed by atoms with Crippen molar-refractivity contribution in [2.45, 2.75) is 18.4 Å². The predicted molar refractivity (Wildman–Crippen MR) is 194 cm³/mol. The highest BCUT2D eigenvalue weighted by atomic mass is 32.2. The Bertz CT molecular complexity index is 2160. The molecule has 8 nitrogen and oxygen atoms in total. The Balaban J connectivity index is 1.13. The third-order valence-corrected chi connectivity index (χ3v) is 8.76. The molecule has 1 aromatic heterocycles. The van der Waals surface area contributed by atoms with Crippen LogP contribution in [0.3, 0.4) is 0 Å². The van der Waals surface area contributed by atoms with Gasteiger partial charge in [-0.1, -0.05) is 54.6 Å². The van der Waals surface area contributed by atoms with Gasteiger partial charge in [0.05, 0.1) is 12.9 Å². The lowest BCUT2D eigenvalue weighted by atomic mass is 10.1. The Morgan fingerprint density at radius 1 is 0.750 bits per heavy atom. The number of nitrogens with one attached hydrogen (secondary N) is 3. The van der Waals surface area contributed by atoms with Crippen molar-refractivity contribution in [2.75, 3.05) is 23.5 Å². The van der Waals surface area contributed by atoms with Crippen molar-refractivity contribution in [1.29, 1.82) is 0 Å². The Kier molecular flexibility index (Phi) is 9.88. The number of carbonyl (C=O) groups excluding carboxylic acids is 3. The lowest BCUT2D eigenvalue weighted by Gasteiger charge is -2.12. The summed E-state index contributed by atoms with van der Waals surface area (Å²) in [6.07, 6.45) is 1.60. The lowest BCUT2D eigenvalue weighted by molar-refractivity contribution is -0.114. The van der Waals surface area contributed by atoms with Crippen LogP contribution in [0.15, 0.2) is 132 Å². The summed E-state index contributed by atoms with van der Waals surface area (Å²) < 4.78 is 7.59. The fourth-order valence-corrected chi connectivity index (χ4v) is 6.28. The zero-order chi connectivity index (χ0) is 33.5. The van der Waals surface area contributed by atoms with E-state index in [2.05, 4.69) is 39.6 Å². The summed E-state index contributed by atoms with van der Waals surface area (Å²) in [5.41, 5.74) is 4.72. The Labute approximate surface area is 282 Å². The monoisotopic (exact) mass is 654 g/mol. The predicted octanol–water partition coefficient (Wildman–Crippen LogP) is 7.96. The van der Waals surface area contributed by atoms with E-state index in [-0.39, 0.29) is 17.4 Å². The molecule has 0 saturated heterocycles. The van der Waals surface area contributed by atoms with Crippen molar-refractivity contribution in [3.05, 3.63) is 138 Å². The van der Waals surface area contributed by atoms with Gasteiger partial charge in [-0.3, -0.25) is 14.4 Å². The second-order valence-electron chi connectivity index (χ2n) is 11.0. The van der Waals surface area contributed by atoms with Gasteiger partial charge in [0.15, 0.2) is 0 Å². The van der Waals surface area contributed by atoms with E-state index in [4.69, 9.17) is 4.74 Å². The Hall–Kier alpha value is -5.80. The number of ether oxygens (including phenoxy) is 1. The number of thioether (sulfide) groups is 1. The molecule has 5 aromatic carbocycles. The number of fused-ring (bicyclic) bond motifs is 3. The first kappa shape index (κ1) is 32.2. The SMILES string of the molecule is CCn1c2ccccc2c2cc(NC(=O)CSc3cccc(NC(=O)/C(=C/c4cccc(OC)c4)NC(=O)c4ccccc4)c3)ccc21. The second-order valence-corrected chi connectivity index (χ2v) is 12.0. The summed E-state index contributed by atoms with van der Waals surface area (Å²) in [5.74, 6) is -0.246. The first-order valence-electron chi connectivity index (χ1n) is 15.5. The summed E-state index contributed by atoms with van der Waals surface area (Å²) in [4.78, 5) is 40.3. The van der Waals surface area contributed by atoms with E-state index in [1.54, 1.807) is 73.8 Å². The Morgan fingerprint density at radius 3 is 2.31 bits per heavy atom. The number of anilines is 2. The summed E-state index contributed by atoms with van der Waals surface area (Å²) in [6.45, 7) is 2.98. The van der Waals surface area contributed by atoms with Crippen LogP contribution in [0.1, 0.15) is 22.8 Å². The Morgan fingerprint density at radius 2 is 1.50 bits per heavy atom. The van der Waals surface area contributed by atoms with Crippen molar-refractivity contribution in [2.24, 2.45) is 0 Å². The topological polar surface area (TPSA) is 101 Å². The minimum absolute atomic E-state index is 0.0635. The molecule has 0 aliphatic heterocycles. The number of nitrogens with zero attached hydrogens (tertiary/aromatic N) is 1. The van der Waals surface area contributed by atoms with Crippen LogP contribution in [0.4, 0.5) is 11.4 Å². The first-order chi connectivity index (χ1) is 23.4. The van der Waals surface area contributed by atoms with Crippen LogP contribution in [0.5, 0.6) is 5.75 Å². The van der Waals surface area contributed by atoms with E-state index >= 15 is 0 Å². The normalized spacial score (nSPS) is 11.3. The zero-order valence-corrected chi connectivity index (χ0v) is 27.3. The largest absolute Gasteiger partial charge is 0.497 e. The molecule has 3 N–H and O–H groups in total. The van der Waals surface area contributed by atoms with Crippen molar-refractivity contribution in [1.82, 2.24) is 9.88 Å². The molecule has 6 rings (SSSR count). The smallest absolute Gasteiger partial charge is 0.272 e. The number of hydrogen-bond donors (Lipinski definition) is 3. The minimum atomic E-state index is -0.498. The molecular formula is C39H34N4O4S. The van der Waals surface area contributed by atoms with Crippen molar-refractivity contribution in [3.8, 4) is 5.75 Å². The van der Waals surface area contributed by atoms with Crippen LogP contribution in [-0.4, -0.2) is 35.2 Å². The molecule has 0 bridgehead atoms. The van der Waals surface area contributed by atoms with Crippen molar-refractivity contribution >= 4 is 68.7 Å². The molecule has 0 atom stereocenters. The summed E-state index contributed by atoms with van der Waals surface area (Å²) in [6, 6.07) is 37.4. The number of methoxy groups -OCH3 is 1. The van der Waals surface area contributed by atoms with Crippen molar-refractivity contribution < 1.29 is 19.1 Å². The van der Waals surface area contributed by atoms with Crippen LogP contribution < -0.4 is 20.7 Å². The minimum Gasteiger partial charge on any atom is -0.497 e. The second kappa shape index (κ2) is 14.7. The zero-order valence-electron chi connectivity index (χ0n) is 26.5. The summed E-state index contributed by atoms with van der Waals surface area (Å²) >= 11 is 1.36. The van der Waals surface area contributed by atoms with Gasteiger partial charge in [0.2, 0.25) is 5.91 Å². The van der Waals surface area contributed by atoms with Gasteiger partial charge >= 0.3 is 0 Å². The molecule has 6 aromatic rings. The van der Waals surface area contributed by atoms with E-state index in [0.717, 1.165) is 33.4 Å². The van der Waals surface area contributed by atoms with E-state index in [1.807, 2.05) is 48.5 Å². The number of benzene rings is 5. The number of amides is 3. The van der Waals surface area contributed by atoms with Gasteiger partial charge in [0.1, 0.15) is 11.4 Å². The molecule has 48 heavy (non-hydrogen) atoms. The van der Waals surface area contributed by atoms with E-state index in [1.165, 1.54) is 17.3 Å². The molecule has 0 unspecified atom stereocenters. The van der Waals surface area contributed by atoms with Crippen LogP contribution in [0.2, 0.25) is 0 Å². The lowest BCUT2D eigenvalue weighted by Crippen LogP contribution is -2.30. The average Bonchev–Trinajstić information content (AvgIpc) is 3.44. The van der Waals surface area contributed by atoms with Gasteiger partial charge in [0, 0.05) is 50.2 Å². The first-order valence-corrected chi connectivity index (χ1v) is 16.5. The molecular weight excluding hydrogens is 621 g/mol. The van der Waals surface area contributed by atoms with E-state index in [9.17, 15) is 14.4 Å². The van der Waals surface area contributed by atoms with Gasteiger partial charge < -0.3 is 25.3 Å². The molecule has 0 radical (unpaired) electrons. The highest BCUT2D eigenvalue weighted by Gasteiger charge is 2.16. The fraction of sp³-hybridized carbons (Fsp3) is 0.103. The molecule has 0 saturated carbocycles. The van der Waals surface area contributed by atoms with Crippen LogP contribution in [-0.2, 0) is 16.1 Å². The van der Waals surface area contributed by atoms with Gasteiger partial charge in [-0.15, -0.1) is 11.8 Å². The number of hydrogen-bond acceptors (Lipinski definition) is 5. The third kappa shape index (κ3) is 7.43. The molecule has 1 heterocycles. The van der Waals surface area contributed by atoms with Gasteiger partial charge in [-0.2, -0.15) is 0 Å². The quantitative estimate of drug-likeness (QED) is 0.0972. The molecule has 9 heteroatoms. The maximum Gasteiger partial charge on any atom is 0.272 e. The fourth-order valence-electron chi connectivity index (χ4n) is 5.52. The van der Waals surface area contributed by atoms with Gasteiger partial charge in [0.25, 0.3) is 11.8 Å². The number of carbonyl (C=O) groups is 3. The molecule has 0 aliphatic rings. The number of para-hydroxylation sites is 1. The number of rotatable bonds is 11. The number of aromatic nitrogens is 1. The summed E-state index contributed by atoms with van der Waals surface area (Å²) in [7, 11) is 1.56. The van der Waals surface area contributed by atoms with Gasteiger partial charge in [-0.05, 0) is 85.3 Å². The third-order valence-electron chi connectivity index (χ3n) is 7.77. The van der Waals surface area contributed by atoms with Crippen molar-refractivity contribution in [3.63, 3.8) is 0 Å². The average molecular weight is 655 g/mol. The van der Waals surface area contributed by atoms with Crippen LogP contribution >= 0.6 is 11.8 Å². The van der Waals surface area contributed by atoms with E-state index in [0.29, 0.717) is 22.6 Å². The standard InChI is InChI=1S/C39H34N4O4S/c1-3-43-35-18-8-7-17-32(35)33-24-29(19-20-36(33)43)40-37(44)25-48-31-16-10-14-28(23-31)41-39(46)34(22-26-11-9-15-30(21-26)47-2)42-38(45)27-12-5-4-6-13-27/h4-24H,3,25H2,1-2H3,(H,40,44)(H,41,46)(H,42,45)/b34-22-. The molecule has 0 aliphatic carbocycles. The van der Waals surface area contributed by atoms with E-state index < -0.39 is 11.8 Å². The highest BCUT2D eigenvalue weighted by Crippen LogP contribution is 2.31. The molecule has 3 amide bonds. The highest BCUT2D eigenvalue weighted by molar-refractivity contribution is 8.00.